The minimum absolute atomic E-state index is 0.00118. The number of para-hydroxylation sites is 1. The molecule has 10 heteroatoms. The van der Waals surface area contributed by atoms with Crippen molar-refractivity contribution in [1.82, 2.24) is 14.5 Å². The van der Waals surface area contributed by atoms with E-state index in [1.165, 1.54) is 18.6 Å². The summed E-state index contributed by atoms with van der Waals surface area (Å²) >= 11 is 1.68. The van der Waals surface area contributed by atoms with Gasteiger partial charge in [0.2, 0.25) is 5.91 Å². The zero-order valence-corrected chi connectivity index (χ0v) is 24.9. The number of hydrogen-bond acceptors (Lipinski definition) is 5. The predicted octanol–water partition coefficient (Wildman–Crippen LogP) is 7.60. The number of aromatic nitrogens is 2. The van der Waals surface area contributed by atoms with Gasteiger partial charge < -0.3 is 9.64 Å². The van der Waals surface area contributed by atoms with Crippen molar-refractivity contribution in [2.75, 3.05) is 6.54 Å². The van der Waals surface area contributed by atoms with Gasteiger partial charge in [-0.25, -0.2) is 4.98 Å². The second-order valence-corrected chi connectivity index (χ2v) is 12.4. The fraction of sp³-hybridized carbons (Fsp3) is 0.324. The molecule has 228 valence electrons. The molecule has 1 fully saturated rings. The molecule has 0 bridgehead atoms. The molecule has 0 radical (unpaired) electrons. The monoisotopic (exact) mass is 619 g/mol. The maximum atomic E-state index is 13.8. The lowest BCUT2D eigenvalue weighted by molar-refractivity contribution is -0.137. The number of ether oxygens (including phenoxy) is 1. The van der Waals surface area contributed by atoms with Crippen molar-refractivity contribution in [2.24, 2.45) is 0 Å². The second kappa shape index (κ2) is 12.9. The smallest absolute Gasteiger partial charge is 0.416 e. The number of aryl methyl sites for hydroxylation is 1. The van der Waals surface area contributed by atoms with Gasteiger partial charge in [-0.05, 0) is 73.7 Å². The van der Waals surface area contributed by atoms with Crippen LogP contribution in [-0.2, 0) is 30.4 Å². The number of carbonyl (C=O) groups is 1. The number of nitrogens with zero attached hydrogens (tertiary/aromatic N) is 3. The molecule has 1 aliphatic heterocycles. The van der Waals surface area contributed by atoms with Gasteiger partial charge in [-0.3, -0.25) is 14.2 Å². The van der Waals surface area contributed by atoms with Gasteiger partial charge in [-0.1, -0.05) is 54.6 Å². The van der Waals surface area contributed by atoms with Crippen molar-refractivity contribution in [1.29, 1.82) is 0 Å². The number of amides is 1. The van der Waals surface area contributed by atoms with Crippen LogP contribution in [0.3, 0.4) is 0 Å². The van der Waals surface area contributed by atoms with E-state index >= 15 is 0 Å². The van der Waals surface area contributed by atoms with E-state index in [-0.39, 0.29) is 23.8 Å². The maximum Gasteiger partial charge on any atom is 0.416 e. The van der Waals surface area contributed by atoms with Gasteiger partial charge >= 0.3 is 6.18 Å². The highest BCUT2D eigenvalue weighted by atomic mass is 32.2. The van der Waals surface area contributed by atoms with Crippen molar-refractivity contribution < 1.29 is 22.7 Å². The van der Waals surface area contributed by atoms with Gasteiger partial charge in [0, 0.05) is 24.6 Å². The fourth-order valence-electron chi connectivity index (χ4n) is 5.39. The molecular formula is C34H32F3N3O3S. The van der Waals surface area contributed by atoms with Crippen LogP contribution in [0.1, 0.15) is 54.5 Å². The first-order chi connectivity index (χ1) is 21.2. The first-order valence-corrected chi connectivity index (χ1v) is 15.7. The Morgan fingerprint density at radius 2 is 1.75 bits per heavy atom. The molecule has 0 atom stereocenters. The fourth-order valence-corrected chi connectivity index (χ4v) is 6.71. The first-order valence-electron chi connectivity index (χ1n) is 14.8. The average molecular weight is 620 g/mol. The summed E-state index contributed by atoms with van der Waals surface area (Å²) < 4.78 is 46.3. The normalized spacial score (nSPS) is 15.0. The Labute approximate surface area is 257 Å². The van der Waals surface area contributed by atoms with Gasteiger partial charge in [0.05, 0.1) is 29.1 Å². The molecule has 4 aromatic rings. The standard InChI is InChI=1S/C34H32F3N3O3S/c35-34(36,37)24-8-5-11-27(21-24)43-26-17-15-23(16-18-26)7-4-14-31(41)39-20-19-30-29(22-39)32(42)40(25-9-2-1-3-10-25)33(38-30)44-28-12-6-13-28/h1-3,5,8-11,15-18,21,28H,4,6-7,12-14,19-20,22H2. The van der Waals surface area contributed by atoms with Gasteiger partial charge in [0.15, 0.2) is 5.16 Å². The maximum absolute atomic E-state index is 13.8. The summed E-state index contributed by atoms with van der Waals surface area (Å²) in [7, 11) is 0. The van der Waals surface area contributed by atoms with Crippen molar-refractivity contribution >= 4 is 17.7 Å². The summed E-state index contributed by atoms with van der Waals surface area (Å²) in [5.41, 5.74) is 2.28. The van der Waals surface area contributed by atoms with Crippen LogP contribution in [0.2, 0.25) is 0 Å². The van der Waals surface area contributed by atoms with Crippen LogP contribution >= 0.6 is 11.8 Å². The van der Waals surface area contributed by atoms with E-state index in [0.29, 0.717) is 48.8 Å². The molecule has 2 heterocycles. The van der Waals surface area contributed by atoms with E-state index in [0.717, 1.165) is 47.1 Å². The Bertz CT molecular complexity index is 1690. The Morgan fingerprint density at radius 3 is 2.45 bits per heavy atom. The van der Waals surface area contributed by atoms with E-state index in [1.807, 2.05) is 42.5 Å². The first kappa shape index (κ1) is 30.0. The number of fused-ring (bicyclic) bond motifs is 1. The van der Waals surface area contributed by atoms with Crippen LogP contribution in [0, 0.1) is 0 Å². The summed E-state index contributed by atoms with van der Waals surface area (Å²) in [6, 6.07) is 21.4. The summed E-state index contributed by atoms with van der Waals surface area (Å²) in [6.45, 7) is 0.783. The molecule has 2 aliphatic rings. The van der Waals surface area contributed by atoms with Crippen LogP contribution in [-0.4, -0.2) is 32.2 Å². The van der Waals surface area contributed by atoms with Crippen LogP contribution in [0.25, 0.3) is 5.69 Å². The molecule has 1 aliphatic carbocycles. The molecule has 44 heavy (non-hydrogen) atoms. The average Bonchev–Trinajstić information content (AvgIpc) is 3.00. The molecule has 0 unspecified atom stereocenters. The number of halogens is 3. The Morgan fingerprint density at radius 1 is 0.977 bits per heavy atom. The molecular weight excluding hydrogens is 587 g/mol. The van der Waals surface area contributed by atoms with Gasteiger partial charge in [-0.15, -0.1) is 0 Å². The van der Waals surface area contributed by atoms with Crippen LogP contribution in [0.15, 0.2) is 88.8 Å². The van der Waals surface area contributed by atoms with Crippen LogP contribution in [0.4, 0.5) is 13.2 Å². The predicted molar refractivity (Wildman–Crippen MR) is 163 cm³/mol. The number of rotatable bonds is 9. The minimum atomic E-state index is -4.44. The molecule has 6 nitrogen and oxygen atoms in total. The highest BCUT2D eigenvalue weighted by molar-refractivity contribution is 7.99. The Kier molecular flexibility index (Phi) is 8.79. The highest BCUT2D eigenvalue weighted by Crippen LogP contribution is 2.37. The minimum Gasteiger partial charge on any atom is -0.457 e. The van der Waals surface area contributed by atoms with E-state index in [9.17, 15) is 22.8 Å². The second-order valence-electron chi connectivity index (χ2n) is 11.2. The number of thioether (sulfide) groups is 1. The van der Waals surface area contributed by atoms with Crippen molar-refractivity contribution in [3.8, 4) is 17.2 Å². The number of benzene rings is 3. The SMILES string of the molecule is O=C(CCCc1ccc(Oc2cccc(C(F)(F)F)c2)cc1)N1CCc2nc(SC3CCC3)n(-c3ccccc3)c(=O)c2C1. The highest BCUT2D eigenvalue weighted by Gasteiger charge is 2.31. The van der Waals surface area contributed by atoms with Crippen molar-refractivity contribution in [2.45, 2.75) is 68.1 Å². The summed E-state index contributed by atoms with van der Waals surface area (Å²) in [4.78, 5) is 33.7. The molecule has 1 saturated carbocycles. The quantitative estimate of drug-likeness (QED) is 0.181. The zero-order valence-electron chi connectivity index (χ0n) is 24.1. The largest absolute Gasteiger partial charge is 0.457 e. The molecule has 1 amide bonds. The lowest BCUT2D eigenvalue weighted by atomic mass is 10.0. The molecule has 6 rings (SSSR count). The van der Waals surface area contributed by atoms with E-state index < -0.39 is 11.7 Å². The molecule has 0 N–H and O–H groups in total. The lowest BCUT2D eigenvalue weighted by Crippen LogP contribution is -2.41. The van der Waals surface area contributed by atoms with E-state index in [4.69, 9.17) is 9.72 Å². The lowest BCUT2D eigenvalue weighted by Gasteiger charge is -2.30. The number of carbonyl (C=O) groups excluding carboxylic acids is 1. The zero-order chi connectivity index (χ0) is 30.7. The molecule has 1 aromatic heterocycles. The van der Waals surface area contributed by atoms with Crippen LogP contribution < -0.4 is 10.3 Å². The van der Waals surface area contributed by atoms with E-state index in [2.05, 4.69) is 0 Å². The number of hydrogen-bond donors (Lipinski definition) is 0. The number of alkyl halides is 3. The summed E-state index contributed by atoms with van der Waals surface area (Å²) in [5.74, 6) is 0.541. The van der Waals surface area contributed by atoms with E-state index in [1.54, 1.807) is 33.4 Å². The van der Waals surface area contributed by atoms with Gasteiger partial charge in [0.25, 0.3) is 5.56 Å². The summed E-state index contributed by atoms with van der Waals surface area (Å²) in [6.07, 6.45) is 1.21. The summed E-state index contributed by atoms with van der Waals surface area (Å²) in [5, 5.41) is 1.21. The molecule has 0 saturated heterocycles. The molecule has 0 spiro atoms. The van der Waals surface area contributed by atoms with Gasteiger partial charge in [0.1, 0.15) is 11.5 Å². The third kappa shape index (κ3) is 6.85. The van der Waals surface area contributed by atoms with Crippen molar-refractivity contribution in [3.05, 3.63) is 112 Å². The Balaban J connectivity index is 1.07. The van der Waals surface area contributed by atoms with Gasteiger partial charge in [-0.2, -0.15) is 13.2 Å². The third-order valence-corrected chi connectivity index (χ3v) is 9.36. The molecule has 3 aromatic carbocycles. The van der Waals surface area contributed by atoms with Crippen LogP contribution in [0.5, 0.6) is 11.5 Å². The third-order valence-electron chi connectivity index (χ3n) is 8.07. The van der Waals surface area contributed by atoms with Crippen molar-refractivity contribution in [3.63, 3.8) is 0 Å². The Hall–Kier alpha value is -4.05. The topological polar surface area (TPSA) is 64.4 Å².